The Labute approximate surface area is 104 Å². The molecule has 0 aromatic carbocycles. The number of rotatable bonds is 1. The summed E-state index contributed by atoms with van der Waals surface area (Å²) < 4.78 is 0. The van der Waals surface area contributed by atoms with Gasteiger partial charge in [0.15, 0.2) is 0 Å². The summed E-state index contributed by atoms with van der Waals surface area (Å²) in [5, 5.41) is 6.45. The average Bonchev–Trinajstić information content (AvgIpc) is 2.78. The Bertz CT molecular complexity index is 267. The van der Waals surface area contributed by atoms with Crippen molar-refractivity contribution >= 4 is 18.3 Å². The molecule has 1 amide bonds. The number of piperidine rings is 1. The molecule has 0 aromatic rings. The molecule has 1 aliphatic heterocycles. The van der Waals surface area contributed by atoms with Gasteiger partial charge in [-0.2, -0.15) is 0 Å². The minimum atomic E-state index is -0.0895. The molecular weight excluding hydrogens is 224 g/mol. The third-order valence-electron chi connectivity index (χ3n) is 3.60. The van der Waals surface area contributed by atoms with Crippen LogP contribution in [0.25, 0.3) is 0 Å². The predicted octanol–water partition coefficient (Wildman–Crippen LogP) is 1.71. The van der Waals surface area contributed by atoms with Crippen molar-refractivity contribution in [3.63, 3.8) is 0 Å². The fraction of sp³-hybridized carbons (Fsp3) is 0.917. The van der Waals surface area contributed by atoms with Crippen LogP contribution < -0.4 is 10.6 Å². The van der Waals surface area contributed by atoms with Gasteiger partial charge in [-0.1, -0.05) is 0 Å². The van der Waals surface area contributed by atoms with Crippen molar-refractivity contribution in [2.45, 2.75) is 45.6 Å². The standard InChI is InChI=1S/C12H22N2O.ClH/c1-11(2,3)14-10(15)9-8-12(9)4-6-13-7-5-12;/h9,13H,4-8H2,1-3H3,(H,14,15);1H. The third kappa shape index (κ3) is 2.89. The van der Waals surface area contributed by atoms with Crippen LogP contribution in [0.15, 0.2) is 0 Å². The molecule has 1 saturated carbocycles. The lowest BCUT2D eigenvalue weighted by atomic mass is 9.91. The van der Waals surface area contributed by atoms with Crippen molar-refractivity contribution in [3.05, 3.63) is 0 Å². The number of amides is 1. The Morgan fingerprint density at radius 2 is 1.88 bits per heavy atom. The molecule has 2 fully saturated rings. The molecule has 1 saturated heterocycles. The minimum absolute atomic E-state index is 0. The summed E-state index contributed by atoms with van der Waals surface area (Å²) in [5.74, 6) is 0.559. The second kappa shape index (κ2) is 4.53. The van der Waals surface area contributed by atoms with Gasteiger partial charge in [0.05, 0.1) is 0 Å². The maximum Gasteiger partial charge on any atom is 0.224 e. The van der Waals surface area contributed by atoms with E-state index in [0.717, 1.165) is 19.5 Å². The molecule has 0 bridgehead atoms. The zero-order valence-corrected chi connectivity index (χ0v) is 11.2. The van der Waals surface area contributed by atoms with E-state index in [2.05, 4.69) is 10.6 Å². The van der Waals surface area contributed by atoms with Crippen molar-refractivity contribution in [3.8, 4) is 0 Å². The topological polar surface area (TPSA) is 41.1 Å². The second-order valence-corrected chi connectivity index (χ2v) is 6.11. The number of hydrogen-bond acceptors (Lipinski definition) is 2. The zero-order chi connectivity index (χ0) is 11.1. The van der Waals surface area contributed by atoms with E-state index in [4.69, 9.17) is 0 Å². The monoisotopic (exact) mass is 246 g/mol. The molecular formula is C12H23ClN2O. The van der Waals surface area contributed by atoms with E-state index < -0.39 is 0 Å². The lowest BCUT2D eigenvalue weighted by molar-refractivity contribution is -0.124. The van der Waals surface area contributed by atoms with Crippen LogP contribution in [0, 0.1) is 11.3 Å². The first-order chi connectivity index (χ1) is 6.93. The lowest BCUT2D eigenvalue weighted by Gasteiger charge is -2.25. The third-order valence-corrected chi connectivity index (χ3v) is 3.60. The molecule has 1 aliphatic carbocycles. The molecule has 2 rings (SSSR count). The zero-order valence-electron chi connectivity index (χ0n) is 10.4. The largest absolute Gasteiger partial charge is 0.351 e. The van der Waals surface area contributed by atoms with Crippen LogP contribution in [0.2, 0.25) is 0 Å². The van der Waals surface area contributed by atoms with Crippen LogP contribution in [-0.2, 0) is 4.79 Å². The van der Waals surface area contributed by atoms with Gasteiger partial charge in [-0.3, -0.25) is 4.79 Å². The highest BCUT2D eigenvalue weighted by Crippen LogP contribution is 2.58. The van der Waals surface area contributed by atoms with Crippen molar-refractivity contribution < 1.29 is 4.79 Å². The molecule has 0 aromatic heterocycles. The smallest absolute Gasteiger partial charge is 0.224 e. The van der Waals surface area contributed by atoms with Crippen LogP contribution in [-0.4, -0.2) is 24.5 Å². The van der Waals surface area contributed by atoms with Crippen LogP contribution >= 0.6 is 12.4 Å². The molecule has 2 aliphatic rings. The molecule has 0 radical (unpaired) electrons. The number of nitrogens with one attached hydrogen (secondary N) is 2. The van der Waals surface area contributed by atoms with Crippen molar-refractivity contribution in [2.75, 3.05) is 13.1 Å². The Morgan fingerprint density at radius 1 is 1.31 bits per heavy atom. The fourth-order valence-corrected chi connectivity index (χ4v) is 2.65. The summed E-state index contributed by atoms with van der Waals surface area (Å²) in [6.45, 7) is 8.30. The summed E-state index contributed by atoms with van der Waals surface area (Å²) in [6, 6.07) is 0. The first-order valence-electron chi connectivity index (χ1n) is 5.96. The van der Waals surface area contributed by atoms with Crippen LogP contribution in [0.1, 0.15) is 40.0 Å². The minimum Gasteiger partial charge on any atom is -0.351 e. The highest BCUT2D eigenvalue weighted by Gasteiger charge is 2.57. The molecule has 16 heavy (non-hydrogen) atoms. The van der Waals surface area contributed by atoms with E-state index in [1.807, 2.05) is 20.8 Å². The van der Waals surface area contributed by atoms with E-state index in [1.54, 1.807) is 0 Å². The van der Waals surface area contributed by atoms with Crippen LogP contribution in [0.4, 0.5) is 0 Å². The summed E-state index contributed by atoms with van der Waals surface area (Å²) in [5.41, 5.74) is 0.272. The first-order valence-corrected chi connectivity index (χ1v) is 5.96. The highest BCUT2D eigenvalue weighted by molar-refractivity contribution is 5.85. The molecule has 3 nitrogen and oxygen atoms in total. The predicted molar refractivity (Wildman–Crippen MR) is 67.8 cm³/mol. The van der Waals surface area contributed by atoms with Crippen LogP contribution in [0.5, 0.6) is 0 Å². The molecule has 2 N–H and O–H groups in total. The SMILES string of the molecule is CC(C)(C)NC(=O)C1CC12CCNCC2.Cl. The van der Waals surface area contributed by atoms with Gasteiger partial charge in [-0.15, -0.1) is 12.4 Å². The number of halogens is 1. The number of carbonyl (C=O) groups is 1. The van der Waals surface area contributed by atoms with Gasteiger partial charge in [0.25, 0.3) is 0 Å². The summed E-state index contributed by atoms with van der Waals surface area (Å²) in [4.78, 5) is 12.0. The fourth-order valence-electron chi connectivity index (χ4n) is 2.65. The van der Waals surface area contributed by atoms with E-state index in [0.29, 0.717) is 11.3 Å². The van der Waals surface area contributed by atoms with E-state index >= 15 is 0 Å². The van der Waals surface area contributed by atoms with Gasteiger partial charge in [0, 0.05) is 11.5 Å². The molecule has 94 valence electrons. The van der Waals surface area contributed by atoms with E-state index in [1.165, 1.54) is 12.8 Å². The lowest BCUT2D eigenvalue weighted by Crippen LogP contribution is -2.43. The number of hydrogen-bond donors (Lipinski definition) is 2. The Kier molecular flexibility index (Phi) is 3.91. The molecule has 1 spiro atoms. The van der Waals surface area contributed by atoms with Crippen molar-refractivity contribution in [2.24, 2.45) is 11.3 Å². The molecule has 1 heterocycles. The summed E-state index contributed by atoms with van der Waals surface area (Å²) in [7, 11) is 0. The van der Waals surface area contributed by atoms with Crippen molar-refractivity contribution in [1.82, 2.24) is 10.6 Å². The van der Waals surface area contributed by atoms with Gasteiger partial charge >= 0.3 is 0 Å². The van der Waals surface area contributed by atoms with Gasteiger partial charge in [-0.25, -0.2) is 0 Å². The van der Waals surface area contributed by atoms with E-state index in [-0.39, 0.29) is 23.9 Å². The highest BCUT2D eigenvalue weighted by atomic mass is 35.5. The Balaban J connectivity index is 0.00000128. The molecule has 1 atom stereocenters. The first kappa shape index (κ1) is 13.8. The van der Waals surface area contributed by atoms with Crippen LogP contribution in [0.3, 0.4) is 0 Å². The second-order valence-electron chi connectivity index (χ2n) is 6.11. The van der Waals surface area contributed by atoms with Gasteiger partial charge in [-0.05, 0) is 58.5 Å². The van der Waals surface area contributed by atoms with Crippen molar-refractivity contribution in [1.29, 1.82) is 0 Å². The Morgan fingerprint density at radius 3 is 2.38 bits per heavy atom. The van der Waals surface area contributed by atoms with Gasteiger partial charge in [0.1, 0.15) is 0 Å². The summed E-state index contributed by atoms with van der Waals surface area (Å²) in [6.07, 6.45) is 3.46. The maximum atomic E-state index is 12.0. The number of carbonyl (C=O) groups excluding carboxylic acids is 1. The van der Waals surface area contributed by atoms with Gasteiger partial charge < -0.3 is 10.6 Å². The average molecular weight is 247 g/mol. The summed E-state index contributed by atoms with van der Waals surface area (Å²) >= 11 is 0. The molecule has 4 heteroatoms. The molecule has 1 unspecified atom stereocenters. The quantitative estimate of drug-likeness (QED) is 0.740. The van der Waals surface area contributed by atoms with E-state index in [9.17, 15) is 4.79 Å². The maximum absolute atomic E-state index is 12.0. The normalized spacial score (nSPS) is 27.1. The Hall–Kier alpha value is -0.280. The van der Waals surface area contributed by atoms with Gasteiger partial charge in [0.2, 0.25) is 5.91 Å².